The molecule has 0 amide bonds. The van der Waals surface area contributed by atoms with Crippen molar-refractivity contribution in [1.82, 2.24) is 14.3 Å². The first-order valence-electron chi connectivity index (χ1n) is 14.9. The molecule has 238 valence electrons. The molecule has 0 fully saturated rings. The van der Waals surface area contributed by atoms with Gasteiger partial charge in [-0.1, -0.05) is 83.6 Å². The standard InChI is InChI=1S/C36H31BrN4O5S/c1-21(2)20-46-35(44)30-22(3)38-36-41(32(30)24-10-12-25(13-11-24)34(43)45-4)33(42)29(47-36)18-26-19-40(28-8-6-5-7-9-28)39-31(26)23-14-16-27(37)17-15-23/h5-19,21,32H,20H2,1-4H3. The quantitative estimate of drug-likeness (QED) is 0.188. The van der Waals surface area contributed by atoms with Gasteiger partial charge in [-0.05, 0) is 60.9 Å². The number of aromatic nitrogens is 3. The minimum atomic E-state index is -0.822. The van der Waals surface area contributed by atoms with Gasteiger partial charge in [-0.25, -0.2) is 19.3 Å². The van der Waals surface area contributed by atoms with Gasteiger partial charge in [0.25, 0.3) is 5.56 Å². The minimum absolute atomic E-state index is 0.121. The van der Waals surface area contributed by atoms with Crippen molar-refractivity contribution in [2.24, 2.45) is 10.9 Å². The molecule has 3 heterocycles. The SMILES string of the molecule is COC(=O)c1ccc(C2C(C(=O)OCC(C)C)=C(C)N=c3sc(=Cc4cn(-c5ccccc5)nc4-c4ccc(Br)cc4)c(=O)n32)cc1. The van der Waals surface area contributed by atoms with Gasteiger partial charge in [-0.3, -0.25) is 9.36 Å². The Morgan fingerprint density at radius 1 is 1.00 bits per heavy atom. The lowest BCUT2D eigenvalue weighted by Gasteiger charge is -2.25. The number of ether oxygens (including phenoxy) is 2. The molecule has 1 aliphatic rings. The molecular formula is C36H31BrN4O5S. The van der Waals surface area contributed by atoms with E-state index >= 15 is 0 Å². The van der Waals surface area contributed by atoms with Crippen LogP contribution in [0.4, 0.5) is 0 Å². The van der Waals surface area contributed by atoms with Crippen LogP contribution in [-0.4, -0.2) is 40.0 Å². The number of carbonyl (C=O) groups excluding carboxylic acids is 2. The molecule has 1 atom stereocenters. The van der Waals surface area contributed by atoms with Gasteiger partial charge in [0.15, 0.2) is 4.80 Å². The zero-order valence-electron chi connectivity index (χ0n) is 26.1. The Labute approximate surface area is 283 Å². The lowest BCUT2D eigenvalue weighted by molar-refractivity contribution is -0.140. The van der Waals surface area contributed by atoms with Crippen LogP contribution in [0.2, 0.25) is 0 Å². The molecule has 5 aromatic rings. The highest BCUT2D eigenvalue weighted by Crippen LogP contribution is 2.31. The topological polar surface area (TPSA) is 105 Å². The van der Waals surface area contributed by atoms with E-state index in [1.165, 1.54) is 23.0 Å². The molecule has 47 heavy (non-hydrogen) atoms. The van der Waals surface area contributed by atoms with E-state index in [-0.39, 0.29) is 23.7 Å². The van der Waals surface area contributed by atoms with Crippen LogP contribution in [0.15, 0.2) is 111 Å². The van der Waals surface area contributed by atoms with Crippen LogP contribution in [0.1, 0.15) is 48.3 Å². The number of rotatable bonds is 8. The fourth-order valence-corrected chi connectivity index (χ4v) is 6.62. The summed E-state index contributed by atoms with van der Waals surface area (Å²) in [5.74, 6) is -0.908. The van der Waals surface area contributed by atoms with E-state index in [0.29, 0.717) is 31.9 Å². The van der Waals surface area contributed by atoms with Crippen LogP contribution in [0.25, 0.3) is 23.0 Å². The molecule has 0 radical (unpaired) electrons. The maximum atomic E-state index is 14.3. The maximum Gasteiger partial charge on any atom is 0.338 e. The van der Waals surface area contributed by atoms with Gasteiger partial charge in [0, 0.05) is 21.8 Å². The third-order valence-corrected chi connectivity index (χ3v) is 9.12. The van der Waals surface area contributed by atoms with Gasteiger partial charge in [-0.2, -0.15) is 5.10 Å². The number of carbonyl (C=O) groups is 2. The zero-order valence-corrected chi connectivity index (χ0v) is 28.5. The van der Waals surface area contributed by atoms with Crippen molar-refractivity contribution in [1.29, 1.82) is 0 Å². The fraction of sp³-hybridized carbons (Fsp3) is 0.194. The number of methoxy groups -OCH3 is 1. The molecule has 2 aromatic heterocycles. The Hall–Kier alpha value is -4.87. The molecule has 0 aliphatic carbocycles. The number of fused-ring (bicyclic) bond motifs is 1. The van der Waals surface area contributed by atoms with E-state index in [1.54, 1.807) is 35.9 Å². The van der Waals surface area contributed by atoms with E-state index < -0.39 is 18.0 Å². The summed E-state index contributed by atoms with van der Waals surface area (Å²) in [6.07, 6.45) is 3.72. The number of hydrogen-bond acceptors (Lipinski definition) is 8. The second-order valence-corrected chi connectivity index (χ2v) is 13.3. The number of benzene rings is 3. The average molecular weight is 712 g/mol. The summed E-state index contributed by atoms with van der Waals surface area (Å²) in [5, 5.41) is 4.90. The largest absolute Gasteiger partial charge is 0.465 e. The average Bonchev–Trinajstić information content (AvgIpc) is 3.63. The molecule has 0 N–H and O–H groups in total. The predicted octanol–water partition coefficient (Wildman–Crippen LogP) is 5.84. The molecule has 3 aromatic carbocycles. The number of halogens is 1. The number of thiazole rings is 1. The smallest absolute Gasteiger partial charge is 0.338 e. The van der Waals surface area contributed by atoms with Crippen LogP contribution < -0.4 is 14.9 Å². The second kappa shape index (κ2) is 13.5. The Balaban J connectivity index is 1.52. The highest BCUT2D eigenvalue weighted by Gasteiger charge is 2.33. The van der Waals surface area contributed by atoms with Crippen molar-refractivity contribution >= 4 is 45.3 Å². The molecule has 0 spiro atoms. The first-order chi connectivity index (χ1) is 22.6. The van der Waals surface area contributed by atoms with E-state index in [2.05, 4.69) is 15.9 Å². The zero-order chi connectivity index (χ0) is 33.2. The Morgan fingerprint density at radius 3 is 2.36 bits per heavy atom. The summed E-state index contributed by atoms with van der Waals surface area (Å²) < 4.78 is 15.2. The Bertz CT molecular complexity index is 2180. The first-order valence-corrected chi connectivity index (χ1v) is 16.5. The van der Waals surface area contributed by atoms with Gasteiger partial charge in [-0.15, -0.1) is 0 Å². The van der Waals surface area contributed by atoms with Gasteiger partial charge in [0.05, 0.1) is 52.5 Å². The second-order valence-electron chi connectivity index (χ2n) is 11.4. The molecule has 0 bridgehead atoms. The van der Waals surface area contributed by atoms with Crippen LogP contribution in [-0.2, 0) is 14.3 Å². The van der Waals surface area contributed by atoms with Crippen molar-refractivity contribution in [3.63, 3.8) is 0 Å². The number of allylic oxidation sites excluding steroid dienone is 1. The summed E-state index contributed by atoms with van der Waals surface area (Å²) in [5.41, 5.74) is 4.60. The number of nitrogens with zero attached hydrogens (tertiary/aromatic N) is 4. The van der Waals surface area contributed by atoms with Crippen molar-refractivity contribution in [2.75, 3.05) is 13.7 Å². The van der Waals surface area contributed by atoms with Crippen molar-refractivity contribution in [3.05, 3.63) is 137 Å². The molecule has 0 saturated heterocycles. The predicted molar refractivity (Wildman–Crippen MR) is 184 cm³/mol. The maximum absolute atomic E-state index is 14.3. The number of esters is 2. The summed E-state index contributed by atoms with van der Waals surface area (Å²) in [7, 11) is 1.31. The number of para-hydroxylation sites is 1. The highest BCUT2D eigenvalue weighted by atomic mass is 79.9. The van der Waals surface area contributed by atoms with E-state index in [1.807, 2.05) is 80.7 Å². The van der Waals surface area contributed by atoms with Crippen molar-refractivity contribution in [3.8, 4) is 16.9 Å². The van der Waals surface area contributed by atoms with Gasteiger partial charge < -0.3 is 9.47 Å². The van der Waals surface area contributed by atoms with Gasteiger partial charge >= 0.3 is 11.9 Å². The van der Waals surface area contributed by atoms with Crippen molar-refractivity contribution in [2.45, 2.75) is 26.8 Å². The third-order valence-electron chi connectivity index (χ3n) is 7.60. The van der Waals surface area contributed by atoms with Gasteiger partial charge in [0.1, 0.15) is 0 Å². The Kier molecular flexibility index (Phi) is 9.19. The Morgan fingerprint density at radius 2 is 1.70 bits per heavy atom. The first kappa shape index (κ1) is 32.1. The van der Waals surface area contributed by atoms with E-state index in [9.17, 15) is 14.4 Å². The lowest BCUT2D eigenvalue weighted by Crippen LogP contribution is -2.40. The van der Waals surface area contributed by atoms with Gasteiger partial charge in [0.2, 0.25) is 0 Å². The number of hydrogen-bond donors (Lipinski definition) is 0. The molecule has 1 unspecified atom stereocenters. The molecule has 6 rings (SSSR count). The van der Waals surface area contributed by atoms with Crippen LogP contribution in [0.3, 0.4) is 0 Å². The van der Waals surface area contributed by atoms with Crippen LogP contribution in [0.5, 0.6) is 0 Å². The van der Waals surface area contributed by atoms with E-state index in [0.717, 1.165) is 21.3 Å². The summed E-state index contributed by atoms with van der Waals surface area (Å²) in [6.45, 7) is 5.87. The highest BCUT2D eigenvalue weighted by molar-refractivity contribution is 9.10. The lowest BCUT2D eigenvalue weighted by atomic mass is 9.95. The minimum Gasteiger partial charge on any atom is -0.465 e. The third kappa shape index (κ3) is 6.54. The normalized spacial score (nSPS) is 14.6. The molecule has 9 nitrogen and oxygen atoms in total. The fourth-order valence-electron chi connectivity index (χ4n) is 5.32. The summed E-state index contributed by atoms with van der Waals surface area (Å²) in [6, 6.07) is 23.4. The molecule has 1 aliphatic heterocycles. The van der Waals surface area contributed by atoms with Crippen LogP contribution >= 0.6 is 27.3 Å². The molecule has 11 heteroatoms. The summed E-state index contributed by atoms with van der Waals surface area (Å²) >= 11 is 4.74. The molecule has 0 saturated carbocycles. The van der Waals surface area contributed by atoms with Crippen molar-refractivity contribution < 1.29 is 19.1 Å². The van der Waals surface area contributed by atoms with E-state index in [4.69, 9.17) is 19.6 Å². The molecular weight excluding hydrogens is 680 g/mol. The van der Waals surface area contributed by atoms with Crippen LogP contribution in [0, 0.1) is 5.92 Å². The summed E-state index contributed by atoms with van der Waals surface area (Å²) in [4.78, 5) is 45.2. The monoisotopic (exact) mass is 710 g/mol.